The van der Waals surface area contributed by atoms with Gasteiger partial charge in [0.1, 0.15) is 0 Å². The summed E-state index contributed by atoms with van der Waals surface area (Å²) in [4.78, 5) is 0. The summed E-state index contributed by atoms with van der Waals surface area (Å²) in [7, 11) is 0. The molecule has 2 N–H and O–H groups in total. The quantitative estimate of drug-likeness (QED) is 0.708. The second-order valence-electron chi connectivity index (χ2n) is 5.04. The summed E-state index contributed by atoms with van der Waals surface area (Å²) in [6, 6.07) is 7.27. The molecule has 0 aliphatic carbocycles. The van der Waals surface area contributed by atoms with Crippen LogP contribution in [0.3, 0.4) is 0 Å². The van der Waals surface area contributed by atoms with Crippen LogP contribution in [-0.4, -0.2) is 25.7 Å². The Morgan fingerprint density at radius 3 is 2.53 bits per heavy atom. The first kappa shape index (κ1) is 14.2. The summed E-state index contributed by atoms with van der Waals surface area (Å²) in [6.45, 7) is 11.8. The molecule has 0 amide bonds. The van der Waals surface area contributed by atoms with Crippen molar-refractivity contribution in [1.29, 1.82) is 0 Å². The maximum atomic E-state index is 3.47. The molecule has 1 aromatic carbocycles. The third-order valence-corrected chi connectivity index (χ3v) is 2.93. The summed E-state index contributed by atoms with van der Waals surface area (Å²) < 4.78 is 0. The normalized spacial score (nSPS) is 11.1. The Hall–Kier alpha value is -0.860. The van der Waals surface area contributed by atoms with E-state index in [1.165, 1.54) is 16.7 Å². The van der Waals surface area contributed by atoms with Crippen LogP contribution in [0.2, 0.25) is 0 Å². The van der Waals surface area contributed by atoms with E-state index in [9.17, 15) is 0 Å². The van der Waals surface area contributed by atoms with Crippen LogP contribution in [0.1, 0.15) is 30.5 Å². The monoisotopic (exact) mass is 234 g/mol. The highest BCUT2D eigenvalue weighted by molar-refractivity contribution is 5.30. The molecule has 0 aromatic heterocycles. The van der Waals surface area contributed by atoms with E-state index < -0.39 is 0 Å². The third kappa shape index (κ3) is 5.85. The molecule has 0 heterocycles. The van der Waals surface area contributed by atoms with Crippen LogP contribution < -0.4 is 10.6 Å². The molecule has 0 spiro atoms. The number of hydrogen-bond acceptors (Lipinski definition) is 2. The standard InChI is InChI=1S/C15H26N2/c1-12(2)17-10-9-16-8-7-15-11-13(3)5-6-14(15)4/h5-6,11-12,16-17H,7-10H2,1-4H3. The van der Waals surface area contributed by atoms with E-state index in [-0.39, 0.29) is 0 Å². The average Bonchev–Trinajstić information content (AvgIpc) is 2.27. The predicted molar refractivity (Wildman–Crippen MR) is 75.6 cm³/mol. The van der Waals surface area contributed by atoms with Gasteiger partial charge in [-0.2, -0.15) is 0 Å². The van der Waals surface area contributed by atoms with Crippen molar-refractivity contribution in [3.05, 3.63) is 34.9 Å². The summed E-state index contributed by atoms with van der Waals surface area (Å²) in [5.41, 5.74) is 4.22. The molecule has 0 saturated carbocycles. The van der Waals surface area contributed by atoms with Crippen molar-refractivity contribution in [2.24, 2.45) is 0 Å². The van der Waals surface area contributed by atoms with Gasteiger partial charge in [0, 0.05) is 19.1 Å². The number of nitrogens with one attached hydrogen (secondary N) is 2. The molecule has 1 rings (SSSR count). The van der Waals surface area contributed by atoms with Crippen molar-refractivity contribution in [2.75, 3.05) is 19.6 Å². The minimum absolute atomic E-state index is 0.579. The summed E-state index contributed by atoms with van der Waals surface area (Å²) >= 11 is 0. The Kier molecular flexibility index (Phi) is 6.23. The maximum absolute atomic E-state index is 3.47. The largest absolute Gasteiger partial charge is 0.315 e. The van der Waals surface area contributed by atoms with Gasteiger partial charge in [-0.1, -0.05) is 37.6 Å². The minimum atomic E-state index is 0.579. The Morgan fingerprint density at radius 2 is 1.82 bits per heavy atom. The molecule has 0 unspecified atom stereocenters. The van der Waals surface area contributed by atoms with E-state index in [2.05, 4.69) is 56.5 Å². The van der Waals surface area contributed by atoms with Crippen molar-refractivity contribution in [2.45, 2.75) is 40.2 Å². The fourth-order valence-electron chi connectivity index (χ4n) is 1.87. The minimum Gasteiger partial charge on any atom is -0.315 e. The Bertz CT molecular complexity index is 332. The molecule has 0 aliphatic heterocycles. The van der Waals surface area contributed by atoms with Gasteiger partial charge in [0.25, 0.3) is 0 Å². The van der Waals surface area contributed by atoms with Gasteiger partial charge in [-0.3, -0.25) is 0 Å². The molecule has 2 heteroatoms. The van der Waals surface area contributed by atoms with Gasteiger partial charge in [0.15, 0.2) is 0 Å². The van der Waals surface area contributed by atoms with Crippen molar-refractivity contribution >= 4 is 0 Å². The van der Waals surface area contributed by atoms with Crippen LogP contribution in [0.15, 0.2) is 18.2 Å². The van der Waals surface area contributed by atoms with E-state index in [0.29, 0.717) is 6.04 Å². The smallest absolute Gasteiger partial charge is 0.00790 e. The van der Waals surface area contributed by atoms with Crippen molar-refractivity contribution in [3.63, 3.8) is 0 Å². The molecule has 0 aliphatic rings. The second-order valence-corrected chi connectivity index (χ2v) is 5.04. The molecule has 96 valence electrons. The zero-order valence-electron chi connectivity index (χ0n) is 11.6. The van der Waals surface area contributed by atoms with Crippen LogP contribution >= 0.6 is 0 Å². The third-order valence-electron chi connectivity index (χ3n) is 2.93. The number of rotatable bonds is 7. The Balaban J connectivity index is 2.20. The highest BCUT2D eigenvalue weighted by Crippen LogP contribution is 2.10. The second kappa shape index (κ2) is 7.46. The lowest BCUT2D eigenvalue weighted by Crippen LogP contribution is -2.32. The van der Waals surface area contributed by atoms with Crippen LogP contribution in [0.4, 0.5) is 0 Å². The van der Waals surface area contributed by atoms with E-state index in [1.54, 1.807) is 0 Å². The first-order chi connectivity index (χ1) is 8.09. The highest BCUT2D eigenvalue weighted by atomic mass is 14.9. The van der Waals surface area contributed by atoms with Crippen LogP contribution in [0.5, 0.6) is 0 Å². The molecule has 1 aromatic rings. The fourth-order valence-corrected chi connectivity index (χ4v) is 1.87. The Labute approximate surface area is 106 Å². The first-order valence-electron chi connectivity index (χ1n) is 6.60. The van der Waals surface area contributed by atoms with Gasteiger partial charge in [-0.05, 0) is 37.9 Å². The zero-order chi connectivity index (χ0) is 12.7. The molecule has 0 atom stereocenters. The van der Waals surface area contributed by atoms with Crippen molar-refractivity contribution in [3.8, 4) is 0 Å². The lowest BCUT2D eigenvalue weighted by molar-refractivity contribution is 0.556. The molecular formula is C15H26N2. The van der Waals surface area contributed by atoms with Crippen LogP contribution in [0, 0.1) is 13.8 Å². The summed E-state index contributed by atoms with van der Waals surface area (Å²) in [5.74, 6) is 0. The van der Waals surface area contributed by atoms with Crippen molar-refractivity contribution < 1.29 is 0 Å². The predicted octanol–water partition coefficient (Wildman–Crippen LogP) is 2.43. The van der Waals surface area contributed by atoms with Gasteiger partial charge >= 0.3 is 0 Å². The molecule has 0 saturated heterocycles. The first-order valence-corrected chi connectivity index (χ1v) is 6.60. The SMILES string of the molecule is Cc1ccc(C)c(CCNCCNC(C)C)c1. The van der Waals surface area contributed by atoms with Gasteiger partial charge in [-0.25, -0.2) is 0 Å². The van der Waals surface area contributed by atoms with E-state index in [4.69, 9.17) is 0 Å². The molecule has 0 bridgehead atoms. The summed E-state index contributed by atoms with van der Waals surface area (Å²) in [6.07, 6.45) is 1.12. The van der Waals surface area contributed by atoms with Crippen molar-refractivity contribution in [1.82, 2.24) is 10.6 Å². The molecule has 17 heavy (non-hydrogen) atoms. The van der Waals surface area contributed by atoms with Gasteiger partial charge in [0.2, 0.25) is 0 Å². The molecular weight excluding hydrogens is 208 g/mol. The molecule has 0 fully saturated rings. The summed E-state index contributed by atoms with van der Waals surface area (Å²) in [5, 5.41) is 6.88. The highest BCUT2D eigenvalue weighted by Gasteiger charge is 1.98. The fraction of sp³-hybridized carbons (Fsp3) is 0.600. The van der Waals surface area contributed by atoms with E-state index >= 15 is 0 Å². The number of aryl methyl sites for hydroxylation is 2. The lowest BCUT2D eigenvalue weighted by atomic mass is 10.0. The Morgan fingerprint density at radius 1 is 1.06 bits per heavy atom. The topological polar surface area (TPSA) is 24.1 Å². The van der Waals surface area contributed by atoms with E-state index in [1.807, 2.05) is 0 Å². The number of hydrogen-bond donors (Lipinski definition) is 2. The average molecular weight is 234 g/mol. The van der Waals surface area contributed by atoms with Gasteiger partial charge < -0.3 is 10.6 Å². The van der Waals surface area contributed by atoms with Crippen LogP contribution in [-0.2, 0) is 6.42 Å². The number of benzene rings is 1. The maximum Gasteiger partial charge on any atom is 0.00790 e. The van der Waals surface area contributed by atoms with E-state index in [0.717, 1.165) is 26.1 Å². The molecule has 0 radical (unpaired) electrons. The van der Waals surface area contributed by atoms with Crippen LogP contribution in [0.25, 0.3) is 0 Å². The van der Waals surface area contributed by atoms with Gasteiger partial charge in [-0.15, -0.1) is 0 Å². The van der Waals surface area contributed by atoms with Gasteiger partial charge in [0.05, 0.1) is 0 Å². The molecule has 2 nitrogen and oxygen atoms in total. The zero-order valence-corrected chi connectivity index (χ0v) is 11.6. The lowest BCUT2D eigenvalue weighted by Gasteiger charge is -2.10.